The summed E-state index contributed by atoms with van der Waals surface area (Å²) in [7, 11) is 2.99. The minimum absolute atomic E-state index is 0.296. The van der Waals surface area contributed by atoms with Crippen molar-refractivity contribution in [2.45, 2.75) is 12.6 Å². The first-order valence-electron chi connectivity index (χ1n) is 6.36. The number of carboxylic acid groups (broad SMARTS) is 1. The zero-order valence-electron chi connectivity index (χ0n) is 11.8. The van der Waals surface area contributed by atoms with Crippen LogP contribution in [-0.2, 0) is 11.3 Å². The van der Waals surface area contributed by atoms with Crippen LogP contribution >= 0.6 is 0 Å². The summed E-state index contributed by atoms with van der Waals surface area (Å²) in [6.07, 6.45) is 1.54. The molecule has 6 heteroatoms. The van der Waals surface area contributed by atoms with Crippen LogP contribution in [0.2, 0.25) is 0 Å². The monoisotopic (exact) mass is 291 g/mol. The second kappa shape index (κ2) is 6.81. The fourth-order valence-corrected chi connectivity index (χ4v) is 2.09. The van der Waals surface area contributed by atoms with Gasteiger partial charge in [-0.15, -0.1) is 0 Å². The van der Waals surface area contributed by atoms with Crippen LogP contribution < -0.4 is 14.8 Å². The van der Waals surface area contributed by atoms with Crippen LogP contribution in [0.25, 0.3) is 0 Å². The molecule has 0 radical (unpaired) electrons. The molecule has 1 aromatic carbocycles. The molecule has 1 aromatic heterocycles. The fraction of sp³-hybridized carbons (Fsp3) is 0.267. The molecule has 0 saturated heterocycles. The Morgan fingerprint density at radius 3 is 2.67 bits per heavy atom. The summed E-state index contributed by atoms with van der Waals surface area (Å²) in [5, 5.41) is 12.4. The van der Waals surface area contributed by atoms with E-state index in [1.54, 1.807) is 36.6 Å². The summed E-state index contributed by atoms with van der Waals surface area (Å²) in [5.41, 5.74) is 0.496. The molecule has 2 rings (SSSR count). The fourth-order valence-electron chi connectivity index (χ4n) is 2.09. The van der Waals surface area contributed by atoms with Crippen molar-refractivity contribution in [3.63, 3.8) is 0 Å². The molecule has 21 heavy (non-hydrogen) atoms. The smallest absolute Gasteiger partial charge is 0.325 e. The van der Waals surface area contributed by atoms with Gasteiger partial charge in [-0.2, -0.15) is 0 Å². The molecule has 6 nitrogen and oxygen atoms in total. The van der Waals surface area contributed by atoms with Gasteiger partial charge in [0, 0.05) is 5.56 Å². The number of hydrogen-bond acceptors (Lipinski definition) is 5. The van der Waals surface area contributed by atoms with E-state index in [1.165, 1.54) is 14.2 Å². The predicted octanol–water partition coefficient (Wildman–Crippen LogP) is 2.21. The molecular formula is C15H17NO5. The van der Waals surface area contributed by atoms with Crippen molar-refractivity contribution < 1.29 is 23.8 Å². The predicted molar refractivity (Wildman–Crippen MR) is 75.5 cm³/mol. The van der Waals surface area contributed by atoms with Gasteiger partial charge in [-0.3, -0.25) is 10.1 Å². The second-order valence-corrected chi connectivity index (χ2v) is 4.31. The van der Waals surface area contributed by atoms with E-state index in [0.717, 1.165) is 0 Å². The standard InChI is InChI=1S/C15H17NO5/c1-19-12-7-3-6-11(14(12)20-2)13(15(17)18)16-9-10-5-4-8-21-10/h3-8,13,16H,9H2,1-2H3,(H,17,18). The normalized spacial score (nSPS) is 11.9. The third-order valence-electron chi connectivity index (χ3n) is 3.05. The highest BCUT2D eigenvalue weighted by Crippen LogP contribution is 2.34. The van der Waals surface area contributed by atoms with Crippen LogP contribution in [-0.4, -0.2) is 25.3 Å². The van der Waals surface area contributed by atoms with E-state index in [2.05, 4.69) is 5.32 Å². The highest BCUT2D eigenvalue weighted by atomic mass is 16.5. The molecule has 0 aliphatic rings. The number of carbonyl (C=O) groups is 1. The zero-order chi connectivity index (χ0) is 15.2. The average molecular weight is 291 g/mol. The van der Waals surface area contributed by atoms with E-state index in [-0.39, 0.29) is 0 Å². The van der Waals surface area contributed by atoms with Gasteiger partial charge in [0.2, 0.25) is 0 Å². The molecule has 0 aliphatic heterocycles. The van der Waals surface area contributed by atoms with Gasteiger partial charge in [-0.1, -0.05) is 12.1 Å². The Kier molecular flexibility index (Phi) is 4.84. The number of furan rings is 1. The van der Waals surface area contributed by atoms with E-state index >= 15 is 0 Å². The van der Waals surface area contributed by atoms with Crippen molar-refractivity contribution in [3.05, 3.63) is 47.9 Å². The SMILES string of the molecule is COc1cccc(C(NCc2ccco2)C(=O)O)c1OC. The van der Waals surface area contributed by atoms with Crippen LogP contribution in [0.1, 0.15) is 17.4 Å². The summed E-state index contributed by atoms with van der Waals surface area (Å²) >= 11 is 0. The van der Waals surface area contributed by atoms with Crippen molar-refractivity contribution >= 4 is 5.97 Å². The average Bonchev–Trinajstić information content (AvgIpc) is 3.00. The molecule has 0 fully saturated rings. The Bertz CT molecular complexity index is 594. The van der Waals surface area contributed by atoms with E-state index in [1.807, 2.05) is 0 Å². The number of aliphatic carboxylic acids is 1. The maximum atomic E-state index is 11.5. The number of para-hydroxylation sites is 1. The molecule has 2 N–H and O–H groups in total. The summed E-state index contributed by atoms with van der Waals surface area (Å²) < 4.78 is 15.7. The molecule has 2 aromatic rings. The summed E-state index contributed by atoms with van der Waals surface area (Å²) in [5.74, 6) is 0.539. The highest BCUT2D eigenvalue weighted by Gasteiger charge is 2.25. The maximum Gasteiger partial charge on any atom is 0.325 e. The van der Waals surface area contributed by atoms with E-state index in [4.69, 9.17) is 13.9 Å². The van der Waals surface area contributed by atoms with Gasteiger partial charge in [0.1, 0.15) is 11.8 Å². The molecular weight excluding hydrogens is 274 g/mol. The topological polar surface area (TPSA) is 80.9 Å². The van der Waals surface area contributed by atoms with E-state index < -0.39 is 12.0 Å². The molecule has 0 bridgehead atoms. The maximum absolute atomic E-state index is 11.5. The molecule has 0 amide bonds. The van der Waals surface area contributed by atoms with Crippen LogP contribution in [0.15, 0.2) is 41.0 Å². The van der Waals surface area contributed by atoms with Crippen LogP contribution in [0.3, 0.4) is 0 Å². The number of hydrogen-bond donors (Lipinski definition) is 2. The number of methoxy groups -OCH3 is 2. The second-order valence-electron chi connectivity index (χ2n) is 4.31. The van der Waals surface area contributed by atoms with Crippen LogP contribution in [0, 0.1) is 0 Å². The van der Waals surface area contributed by atoms with Crippen molar-refractivity contribution in [2.75, 3.05) is 14.2 Å². The molecule has 1 unspecified atom stereocenters. The minimum Gasteiger partial charge on any atom is -0.493 e. The third-order valence-corrected chi connectivity index (χ3v) is 3.05. The van der Waals surface area contributed by atoms with Gasteiger partial charge >= 0.3 is 5.97 Å². The van der Waals surface area contributed by atoms with Crippen molar-refractivity contribution in [3.8, 4) is 11.5 Å². The Morgan fingerprint density at radius 1 is 1.29 bits per heavy atom. The first-order valence-corrected chi connectivity index (χ1v) is 6.36. The highest BCUT2D eigenvalue weighted by molar-refractivity contribution is 5.77. The summed E-state index contributed by atoms with van der Waals surface area (Å²) in [6.45, 7) is 0.296. The molecule has 1 atom stereocenters. The minimum atomic E-state index is -1.01. The van der Waals surface area contributed by atoms with Gasteiger partial charge in [0.25, 0.3) is 0 Å². The van der Waals surface area contributed by atoms with Gasteiger partial charge in [0.15, 0.2) is 11.5 Å². The molecule has 1 heterocycles. The van der Waals surface area contributed by atoms with Crippen molar-refractivity contribution in [2.24, 2.45) is 0 Å². The van der Waals surface area contributed by atoms with E-state index in [0.29, 0.717) is 29.4 Å². The molecule has 112 valence electrons. The summed E-state index contributed by atoms with van der Waals surface area (Å²) in [6, 6.07) is 7.72. The number of rotatable bonds is 7. The zero-order valence-corrected chi connectivity index (χ0v) is 11.8. The first-order chi connectivity index (χ1) is 10.2. The molecule has 0 saturated carbocycles. The number of nitrogens with one attached hydrogen (secondary N) is 1. The molecule has 0 aliphatic carbocycles. The molecule has 0 spiro atoms. The number of benzene rings is 1. The summed E-state index contributed by atoms with van der Waals surface area (Å²) in [4.78, 5) is 11.5. The third kappa shape index (κ3) is 3.35. The quantitative estimate of drug-likeness (QED) is 0.814. The van der Waals surface area contributed by atoms with Crippen molar-refractivity contribution in [1.29, 1.82) is 0 Å². The Hall–Kier alpha value is -2.47. The lowest BCUT2D eigenvalue weighted by Gasteiger charge is -2.18. The Labute approximate surface area is 122 Å². The van der Waals surface area contributed by atoms with Crippen LogP contribution in [0.5, 0.6) is 11.5 Å². The first kappa shape index (κ1) is 14.9. The van der Waals surface area contributed by atoms with Crippen molar-refractivity contribution in [1.82, 2.24) is 5.32 Å². The van der Waals surface area contributed by atoms with E-state index in [9.17, 15) is 9.90 Å². The largest absolute Gasteiger partial charge is 0.493 e. The lowest BCUT2D eigenvalue weighted by molar-refractivity contribution is -0.139. The Balaban J connectivity index is 2.27. The van der Waals surface area contributed by atoms with Gasteiger partial charge in [-0.05, 0) is 18.2 Å². The number of carboxylic acids is 1. The van der Waals surface area contributed by atoms with Gasteiger partial charge in [-0.25, -0.2) is 0 Å². The van der Waals surface area contributed by atoms with Gasteiger partial charge in [0.05, 0.1) is 27.0 Å². The van der Waals surface area contributed by atoms with Gasteiger partial charge < -0.3 is 19.0 Å². The lowest BCUT2D eigenvalue weighted by atomic mass is 10.0. The van der Waals surface area contributed by atoms with Crippen LogP contribution in [0.4, 0.5) is 0 Å². The number of ether oxygens (including phenoxy) is 2. The lowest BCUT2D eigenvalue weighted by Crippen LogP contribution is -2.28. The Morgan fingerprint density at radius 2 is 2.10 bits per heavy atom.